The van der Waals surface area contributed by atoms with E-state index in [1.165, 1.54) is 6.42 Å². The Labute approximate surface area is 87.9 Å². The molecule has 0 fully saturated rings. The molecule has 1 aromatic rings. The largest absolute Gasteiger partial charge is 0.370 e. The maximum Gasteiger partial charge on any atom is 0.127 e. The molecule has 0 spiro atoms. The normalized spacial score (nSPS) is 12.5. The molecule has 72 valence electrons. The average Bonchev–Trinajstić information content (AvgIpc) is 2.14. The van der Waals surface area contributed by atoms with Crippen LogP contribution in [0.1, 0.15) is 20.3 Å². The van der Waals surface area contributed by atoms with Gasteiger partial charge in [-0.3, -0.25) is 0 Å². The van der Waals surface area contributed by atoms with Gasteiger partial charge in [-0.05, 0) is 34.0 Å². The van der Waals surface area contributed by atoms with Crippen LogP contribution in [0.5, 0.6) is 0 Å². The highest BCUT2D eigenvalue weighted by molar-refractivity contribution is 9.10. The van der Waals surface area contributed by atoms with E-state index in [4.69, 9.17) is 0 Å². The van der Waals surface area contributed by atoms with Gasteiger partial charge in [-0.2, -0.15) is 0 Å². The highest BCUT2D eigenvalue weighted by Gasteiger charge is 1.99. The average molecular weight is 243 g/mol. The van der Waals surface area contributed by atoms with E-state index in [9.17, 15) is 0 Å². The van der Waals surface area contributed by atoms with Crippen molar-refractivity contribution < 1.29 is 0 Å². The molecule has 0 aliphatic rings. The molecule has 0 saturated heterocycles. The zero-order valence-electron chi connectivity index (χ0n) is 8.05. The third-order valence-electron chi connectivity index (χ3n) is 2.04. The first-order chi connectivity index (χ1) is 6.22. The number of aromatic nitrogens is 1. The lowest BCUT2D eigenvalue weighted by atomic mass is 10.1. The third-order valence-corrected chi connectivity index (χ3v) is 2.49. The van der Waals surface area contributed by atoms with Crippen LogP contribution in [0.3, 0.4) is 0 Å². The van der Waals surface area contributed by atoms with Crippen LogP contribution in [0.2, 0.25) is 0 Å². The minimum absolute atomic E-state index is 0.695. The van der Waals surface area contributed by atoms with Crippen LogP contribution < -0.4 is 5.32 Å². The Bertz CT molecular complexity index is 263. The molecule has 1 N–H and O–H groups in total. The fourth-order valence-electron chi connectivity index (χ4n) is 0.930. The maximum atomic E-state index is 4.28. The van der Waals surface area contributed by atoms with Gasteiger partial charge in [0.05, 0.1) is 0 Å². The molecular weight excluding hydrogens is 228 g/mol. The fraction of sp³-hybridized carbons (Fsp3) is 0.500. The molecular formula is C10H15BrN2. The molecule has 1 atom stereocenters. The van der Waals surface area contributed by atoms with Crippen molar-refractivity contribution in [1.82, 2.24) is 4.98 Å². The zero-order chi connectivity index (χ0) is 9.68. The Morgan fingerprint density at radius 1 is 1.54 bits per heavy atom. The first-order valence-corrected chi connectivity index (χ1v) is 5.38. The predicted molar refractivity (Wildman–Crippen MR) is 59.9 cm³/mol. The molecule has 13 heavy (non-hydrogen) atoms. The molecule has 0 bridgehead atoms. The lowest BCUT2D eigenvalue weighted by Crippen LogP contribution is -2.11. The number of hydrogen-bond donors (Lipinski definition) is 1. The number of anilines is 1. The summed E-state index contributed by atoms with van der Waals surface area (Å²) in [6, 6.07) is 5.89. The Morgan fingerprint density at radius 2 is 2.31 bits per heavy atom. The summed E-state index contributed by atoms with van der Waals surface area (Å²) in [5.74, 6) is 1.63. The monoisotopic (exact) mass is 242 g/mol. The van der Waals surface area contributed by atoms with Crippen molar-refractivity contribution in [2.75, 3.05) is 11.9 Å². The Balaban J connectivity index is 2.45. The van der Waals surface area contributed by atoms with E-state index >= 15 is 0 Å². The molecule has 0 amide bonds. The summed E-state index contributed by atoms with van der Waals surface area (Å²) < 4.78 is 0.877. The quantitative estimate of drug-likeness (QED) is 0.820. The molecule has 1 heterocycles. The molecule has 3 heteroatoms. The SMILES string of the molecule is CCC(C)CNc1cccc(Br)n1. The summed E-state index contributed by atoms with van der Waals surface area (Å²) >= 11 is 3.34. The van der Waals surface area contributed by atoms with Crippen LogP contribution in [-0.2, 0) is 0 Å². The van der Waals surface area contributed by atoms with Crippen LogP contribution in [0, 0.1) is 5.92 Å². The third kappa shape index (κ3) is 3.77. The minimum Gasteiger partial charge on any atom is -0.370 e. The Morgan fingerprint density at radius 3 is 2.92 bits per heavy atom. The molecule has 0 aliphatic carbocycles. The molecule has 1 aromatic heterocycles. The van der Waals surface area contributed by atoms with E-state index in [-0.39, 0.29) is 0 Å². The first kappa shape index (κ1) is 10.5. The second-order valence-corrected chi connectivity index (χ2v) is 4.05. The van der Waals surface area contributed by atoms with Gasteiger partial charge in [-0.25, -0.2) is 4.98 Å². The predicted octanol–water partition coefficient (Wildman–Crippen LogP) is 3.30. The molecule has 1 unspecified atom stereocenters. The standard InChI is InChI=1S/C10H15BrN2/c1-3-8(2)7-12-10-6-4-5-9(11)13-10/h4-6,8H,3,7H2,1-2H3,(H,12,13). The molecule has 1 rings (SSSR count). The van der Waals surface area contributed by atoms with Gasteiger partial charge in [0.15, 0.2) is 0 Å². The molecule has 2 nitrogen and oxygen atoms in total. The topological polar surface area (TPSA) is 24.9 Å². The molecule has 0 aliphatic heterocycles. The van der Waals surface area contributed by atoms with E-state index < -0.39 is 0 Å². The highest BCUT2D eigenvalue weighted by Crippen LogP contribution is 2.11. The lowest BCUT2D eigenvalue weighted by Gasteiger charge is -2.10. The smallest absolute Gasteiger partial charge is 0.127 e. The summed E-state index contributed by atoms with van der Waals surface area (Å²) in [5.41, 5.74) is 0. The summed E-state index contributed by atoms with van der Waals surface area (Å²) in [6.07, 6.45) is 1.20. The van der Waals surface area contributed by atoms with Crippen LogP contribution >= 0.6 is 15.9 Å². The minimum atomic E-state index is 0.695. The van der Waals surface area contributed by atoms with Crippen LogP contribution in [0.15, 0.2) is 22.8 Å². The zero-order valence-corrected chi connectivity index (χ0v) is 9.63. The van der Waals surface area contributed by atoms with Crippen molar-refractivity contribution in [3.8, 4) is 0 Å². The Hall–Kier alpha value is -0.570. The number of hydrogen-bond acceptors (Lipinski definition) is 2. The van der Waals surface area contributed by atoms with Gasteiger partial charge in [0.1, 0.15) is 10.4 Å². The van der Waals surface area contributed by atoms with Crippen molar-refractivity contribution in [3.05, 3.63) is 22.8 Å². The van der Waals surface area contributed by atoms with Gasteiger partial charge >= 0.3 is 0 Å². The van der Waals surface area contributed by atoms with Gasteiger partial charge in [-0.15, -0.1) is 0 Å². The molecule has 0 aromatic carbocycles. The molecule has 0 saturated carbocycles. The second-order valence-electron chi connectivity index (χ2n) is 3.24. The van der Waals surface area contributed by atoms with Gasteiger partial charge in [-0.1, -0.05) is 26.3 Å². The van der Waals surface area contributed by atoms with Crippen LogP contribution in [0.25, 0.3) is 0 Å². The van der Waals surface area contributed by atoms with Gasteiger partial charge in [0.2, 0.25) is 0 Å². The number of pyridine rings is 1. The van der Waals surface area contributed by atoms with Crippen LogP contribution in [0.4, 0.5) is 5.82 Å². The van der Waals surface area contributed by atoms with E-state index in [0.717, 1.165) is 17.0 Å². The van der Waals surface area contributed by atoms with E-state index in [1.54, 1.807) is 0 Å². The van der Waals surface area contributed by atoms with E-state index in [0.29, 0.717) is 5.92 Å². The number of nitrogens with one attached hydrogen (secondary N) is 1. The van der Waals surface area contributed by atoms with Crippen molar-refractivity contribution in [2.45, 2.75) is 20.3 Å². The van der Waals surface area contributed by atoms with Crippen molar-refractivity contribution in [3.63, 3.8) is 0 Å². The summed E-state index contributed by atoms with van der Waals surface area (Å²) in [6.45, 7) is 5.41. The van der Waals surface area contributed by atoms with E-state index in [1.807, 2.05) is 18.2 Å². The Kier molecular flexibility index (Phi) is 4.22. The van der Waals surface area contributed by atoms with Crippen molar-refractivity contribution >= 4 is 21.7 Å². The summed E-state index contributed by atoms with van der Waals surface area (Å²) in [5, 5.41) is 3.30. The highest BCUT2D eigenvalue weighted by atomic mass is 79.9. The second kappa shape index (κ2) is 5.22. The lowest BCUT2D eigenvalue weighted by molar-refractivity contribution is 0.592. The van der Waals surface area contributed by atoms with Gasteiger partial charge < -0.3 is 5.32 Å². The fourth-order valence-corrected chi connectivity index (χ4v) is 1.27. The summed E-state index contributed by atoms with van der Waals surface area (Å²) in [4.78, 5) is 4.28. The number of halogens is 1. The van der Waals surface area contributed by atoms with Gasteiger partial charge in [0, 0.05) is 6.54 Å². The first-order valence-electron chi connectivity index (χ1n) is 4.58. The number of rotatable bonds is 4. The molecule has 0 radical (unpaired) electrons. The number of nitrogens with zero attached hydrogens (tertiary/aromatic N) is 1. The summed E-state index contributed by atoms with van der Waals surface area (Å²) in [7, 11) is 0. The van der Waals surface area contributed by atoms with Crippen LogP contribution in [-0.4, -0.2) is 11.5 Å². The van der Waals surface area contributed by atoms with Crippen molar-refractivity contribution in [2.24, 2.45) is 5.92 Å². The van der Waals surface area contributed by atoms with Crippen molar-refractivity contribution in [1.29, 1.82) is 0 Å². The maximum absolute atomic E-state index is 4.28. The van der Waals surface area contributed by atoms with Gasteiger partial charge in [0.25, 0.3) is 0 Å². The van der Waals surface area contributed by atoms with E-state index in [2.05, 4.69) is 40.1 Å².